The Hall–Kier alpha value is -3.21. The molecule has 132 valence electrons. The summed E-state index contributed by atoms with van der Waals surface area (Å²) in [6.07, 6.45) is 1.60. The number of nitrogens with one attached hydrogen (secondary N) is 1. The highest BCUT2D eigenvalue weighted by Crippen LogP contribution is 2.19. The highest BCUT2D eigenvalue weighted by Gasteiger charge is 2.18. The normalized spacial score (nSPS) is 10.4. The van der Waals surface area contributed by atoms with E-state index in [4.69, 9.17) is 0 Å². The molecule has 0 aliphatic heterocycles. The van der Waals surface area contributed by atoms with Crippen molar-refractivity contribution in [2.75, 3.05) is 16.8 Å². The van der Waals surface area contributed by atoms with Crippen molar-refractivity contribution in [2.45, 2.75) is 20.8 Å². The van der Waals surface area contributed by atoms with Gasteiger partial charge in [0.1, 0.15) is 5.69 Å². The van der Waals surface area contributed by atoms with Crippen LogP contribution in [0.2, 0.25) is 0 Å². The van der Waals surface area contributed by atoms with Crippen LogP contribution in [0.1, 0.15) is 28.5 Å². The van der Waals surface area contributed by atoms with Crippen molar-refractivity contribution < 1.29 is 4.79 Å². The number of nitrogens with zero attached hydrogens (tertiary/aromatic N) is 3. The Morgan fingerprint density at radius 1 is 1.04 bits per heavy atom. The molecule has 2 aromatic carbocycles. The lowest BCUT2D eigenvalue weighted by Gasteiger charge is -2.20. The van der Waals surface area contributed by atoms with E-state index in [1.165, 1.54) is 11.1 Å². The predicted octanol–water partition coefficient (Wildman–Crippen LogP) is 4.50. The second kappa shape index (κ2) is 7.78. The summed E-state index contributed by atoms with van der Waals surface area (Å²) >= 11 is 0. The molecule has 1 amide bonds. The van der Waals surface area contributed by atoms with Crippen LogP contribution < -0.4 is 10.2 Å². The van der Waals surface area contributed by atoms with Gasteiger partial charge in [0.25, 0.3) is 5.91 Å². The van der Waals surface area contributed by atoms with Crippen molar-refractivity contribution in [1.29, 1.82) is 0 Å². The minimum Gasteiger partial charge on any atom is -0.324 e. The zero-order valence-corrected chi connectivity index (χ0v) is 15.2. The maximum atomic E-state index is 12.9. The molecule has 5 nitrogen and oxygen atoms in total. The van der Waals surface area contributed by atoms with Crippen LogP contribution in [-0.2, 0) is 0 Å². The lowest BCUT2D eigenvalue weighted by atomic mass is 10.1. The van der Waals surface area contributed by atoms with Gasteiger partial charge in [-0.25, -0.2) is 9.97 Å². The van der Waals surface area contributed by atoms with Crippen LogP contribution in [0.15, 0.2) is 60.8 Å². The van der Waals surface area contributed by atoms with Crippen LogP contribution in [0.5, 0.6) is 0 Å². The van der Waals surface area contributed by atoms with E-state index in [1.807, 2.05) is 55.5 Å². The first-order chi connectivity index (χ1) is 12.6. The van der Waals surface area contributed by atoms with E-state index in [2.05, 4.69) is 29.1 Å². The van der Waals surface area contributed by atoms with E-state index in [0.717, 1.165) is 11.4 Å². The van der Waals surface area contributed by atoms with Crippen LogP contribution in [-0.4, -0.2) is 22.4 Å². The van der Waals surface area contributed by atoms with E-state index >= 15 is 0 Å². The monoisotopic (exact) mass is 346 g/mol. The molecule has 0 unspecified atom stereocenters. The minimum absolute atomic E-state index is 0.149. The zero-order valence-electron chi connectivity index (χ0n) is 15.2. The Labute approximate surface area is 153 Å². The predicted molar refractivity (Wildman–Crippen MR) is 105 cm³/mol. The molecule has 0 atom stereocenters. The van der Waals surface area contributed by atoms with Gasteiger partial charge in [0.15, 0.2) is 0 Å². The number of benzene rings is 2. The van der Waals surface area contributed by atoms with Gasteiger partial charge in [-0.2, -0.15) is 0 Å². The maximum absolute atomic E-state index is 12.9. The summed E-state index contributed by atoms with van der Waals surface area (Å²) in [7, 11) is 0. The van der Waals surface area contributed by atoms with Gasteiger partial charge in [0.2, 0.25) is 5.95 Å². The Kier molecular flexibility index (Phi) is 5.27. The molecule has 0 radical (unpaired) electrons. The van der Waals surface area contributed by atoms with Crippen LogP contribution in [0.3, 0.4) is 0 Å². The van der Waals surface area contributed by atoms with Crippen molar-refractivity contribution in [3.63, 3.8) is 0 Å². The Morgan fingerprint density at radius 3 is 2.50 bits per heavy atom. The Morgan fingerprint density at radius 2 is 1.81 bits per heavy atom. The van der Waals surface area contributed by atoms with E-state index in [0.29, 0.717) is 18.2 Å². The quantitative estimate of drug-likeness (QED) is 0.739. The summed E-state index contributed by atoms with van der Waals surface area (Å²) in [6, 6.07) is 17.3. The fraction of sp³-hybridized carbons (Fsp3) is 0.190. The molecular formula is C21H22N4O. The highest BCUT2D eigenvalue weighted by molar-refractivity contribution is 6.04. The average molecular weight is 346 g/mol. The fourth-order valence-corrected chi connectivity index (χ4v) is 2.68. The highest BCUT2D eigenvalue weighted by atomic mass is 16.2. The van der Waals surface area contributed by atoms with Crippen LogP contribution >= 0.6 is 0 Å². The van der Waals surface area contributed by atoms with Crippen LogP contribution in [0.25, 0.3) is 0 Å². The largest absolute Gasteiger partial charge is 0.324 e. The number of aromatic nitrogens is 2. The third kappa shape index (κ3) is 3.88. The summed E-state index contributed by atoms with van der Waals surface area (Å²) in [6.45, 7) is 6.63. The summed E-state index contributed by atoms with van der Waals surface area (Å²) in [5, 5.41) is 3.17. The van der Waals surface area contributed by atoms with Gasteiger partial charge in [0, 0.05) is 24.1 Å². The number of anilines is 3. The van der Waals surface area contributed by atoms with Gasteiger partial charge in [0.05, 0.1) is 0 Å². The van der Waals surface area contributed by atoms with E-state index in [9.17, 15) is 4.79 Å². The third-order valence-electron chi connectivity index (χ3n) is 4.27. The van der Waals surface area contributed by atoms with Crippen LogP contribution in [0, 0.1) is 13.8 Å². The number of para-hydroxylation sites is 1. The van der Waals surface area contributed by atoms with Gasteiger partial charge < -0.3 is 10.2 Å². The minimum atomic E-state index is -0.149. The Bertz CT molecular complexity index is 909. The number of carbonyl (C=O) groups excluding carboxylic acids is 1. The number of amides is 1. The molecular weight excluding hydrogens is 324 g/mol. The molecule has 5 heteroatoms. The summed E-state index contributed by atoms with van der Waals surface area (Å²) in [4.78, 5) is 23.2. The molecule has 0 fully saturated rings. The van der Waals surface area contributed by atoms with Gasteiger partial charge in [-0.05, 0) is 62.2 Å². The number of rotatable bonds is 5. The van der Waals surface area contributed by atoms with Crippen molar-refractivity contribution >= 4 is 23.2 Å². The van der Waals surface area contributed by atoms with E-state index in [1.54, 1.807) is 17.2 Å². The molecule has 0 saturated carbocycles. The summed E-state index contributed by atoms with van der Waals surface area (Å²) in [5.74, 6) is 0.257. The fourth-order valence-electron chi connectivity index (χ4n) is 2.68. The lowest BCUT2D eigenvalue weighted by Crippen LogP contribution is -2.31. The first-order valence-electron chi connectivity index (χ1n) is 8.62. The molecule has 0 bridgehead atoms. The van der Waals surface area contributed by atoms with Crippen molar-refractivity contribution in [1.82, 2.24) is 9.97 Å². The third-order valence-corrected chi connectivity index (χ3v) is 4.27. The number of carbonyl (C=O) groups is 1. The molecule has 0 spiro atoms. The van der Waals surface area contributed by atoms with Crippen molar-refractivity contribution in [3.8, 4) is 0 Å². The molecule has 1 aromatic heterocycles. The number of hydrogen-bond acceptors (Lipinski definition) is 4. The molecule has 1 N–H and O–H groups in total. The molecule has 0 saturated heterocycles. The molecule has 3 aromatic rings. The van der Waals surface area contributed by atoms with Crippen molar-refractivity contribution in [2.24, 2.45) is 0 Å². The van der Waals surface area contributed by atoms with Crippen LogP contribution in [0.4, 0.5) is 17.3 Å². The maximum Gasteiger partial charge on any atom is 0.277 e. The lowest BCUT2D eigenvalue weighted by molar-refractivity contribution is 0.0983. The zero-order chi connectivity index (χ0) is 18.5. The second-order valence-electron chi connectivity index (χ2n) is 6.07. The molecule has 3 rings (SSSR count). The molecule has 0 aliphatic rings. The van der Waals surface area contributed by atoms with Gasteiger partial charge in [-0.1, -0.05) is 24.3 Å². The smallest absolute Gasteiger partial charge is 0.277 e. The van der Waals surface area contributed by atoms with E-state index in [-0.39, 0.29) is 5.91 Å². The van der Waals surface area contributed by atoms with Gasteiger partial charge >= 0.3 is 0 Å². The van der Waals surface area contributed by atoms with Gasteiger partial charge in [-0.3, -0.25) is 4.79 Å². The average Bonchev–Trinajstić information content (AvgIpc) is 2.66. The SMILES string of the molecule is CCN(C(=O)c1ccnc(Nc2ccc(C)c(C)c2)n1)c1ccccc1. The first-order valence-corrected chi connectivity index (χ1v) is 8.62. The van der Waals surface area contributed by atoms with E-state index < -0.39 is 0 Å². The topological polar surface area (TPSA) is 58.1 Å². The number of aryl methyl sites for hydroxylation is 2. The summed E-state index contributed by atoms with van der Waals surface area (Å²) in [5.41, 5.74) is 4.51. The first kappa shape index (κ1) is 17.6. The molecule has 26 heavy (non-hydrogen) atoms. The van der Waals surface area contributed by atoms with Gasteiger partial charge in [-0.15, -0.1) is 0 Å². The summed E-state index contributed by atoms with van der Waals surface area (Å²) < 4.78 is 0. The number of hydrogen-bond donors (Lipinski definition) is 1. The molecule has 1 heterocycles. The van der Waals surface area contributed by atoms with Crippen molar-refractivity contribution in [3.05, 3.63) is 77.6 Å². The molecule has 0 aliphatic carbocycles. The second-order valence-corrected chi connectivity index (χ2v) is 6.07. The standard InChI is InChI=1S/C21H22N4O/c1-4-25(18-8-6-5-7-9-18)20(26)19-12-13-22-21(24-19)23-17-11-10-15(2)16(3)14-17/h5-14H,4H2,1-3H3,(H,22,23,24). The Balaban J connectivity index is 1.84.